The van der Waals surface area contributed by atoms with Crippen molar-refractivity contribution in [2.24, 2.45) is 10.2 Å². The number of alkyl halides is 3. The van der Waals surface area contributed by atoms with E-state index in [1.807, 2.05) is 13.8 Å². The lowest BCUT2D eigenvalue weighted by Crippen LogP contribution is -2.05. The molecule has 1 aromatic heterocycles. The van der Waals surface area contributed by atoms with Crippen molar-refractivity contribution in [3.63, 3.8) is 0 Å². The summed E-state index contributed by atoms with van der Waals surface area (Å²) in [4.78, 5) is 11.6. The first-order valence-corrected chi connectivity index (χ1v) is 12.1. The number of azo groups is 1. The maximum atomic E-state index is 13.6. The Balaban J connectivity index is 1.74. The molecule has 0 saturated heterocycles. The first kappa shape index (κ1) is 26.5. The fourth-order valence-electron chi connectivity index (χ4n) is 4.44. The third-order valence-corrected chi connectivity index (χ3v) is 6.69. The van der Waals surface area contributed by atoms with Crippen LogP contribution in [0.1, 0.15) is 27.0 Å². The Bertz CT molecular complexity index is 1820. The van der Waals surface area contributed by atoms with Gasteiger partial charge in [-0.25, -0.2) is 4.79 Å². The van der Waals surface area contributed by atoms with Crippen LogP contribution in [0, 0.1) is 13.8 Å². The van der Waals surface area contributed by atoms with E-state index in [0.717, 1.165) is 23.3 Å². The van der Waals surface area contributed by atoms with Gasteiger partial charge in [0.1, 0.15) is 5.75 Å². The zero-order chi connectivity index (χ0) is 28.8. The van der Waals surface area contributed by atoms with Gasteiger partial charge in [0, 0.05) is 22.2 Å². The Hall–Kier alpha value is -5.12. The quantitative estimate of drug-likeness (QED) is 0.193. The Morgan fingerprint density at radius 2 is 1.57 bits per heavy atom. The molecule has 0 atom stereocenters. The fourth-order valence-corrected chi connectivity index (χ4v) is 4.44. The highest BCUT2D eigenvalue weighted by Crippen LogP contribution is 2.45. The second-order valence-electron chi connectivity index (χ2n) is 9.26. The van der Waals surface area contributed by atoms with E-state index < -0.39 is 23.6 Å². The van der Waals surface area contributed by atoms with Gasteiger partial charge in [0.05, 0.1) is 22.3 Å². The van der Waals surface area contributed by atoms with Gasteiger partial charge in [-0.1, -0.05) is 30.3 Å². The van der Waals surface area contributed by atoms with Crippen molar-refractivity contribution in [1.29, 1.82) is 0 Å². The molecule has 0 fully saturated rings. The van der Waals surface area contributed by atoms with Gasteiger partial charge >= 0.3 is 12.1 Å². The van der Waals surface area contributed by atoms with Crippen molar-refractivity contribution in [3.05, 3.63) is 101 Å². The van der Waals surface area contributed by atoms with Crippen molar-refractivity contribution in [2.75, 3.05) is 0 Å². The number of carboxylic acid groups (broad SMARTS) is 1. The molecule has 7 nitrogen and oxygen atoms in total. The van der Waals surface area contributed by atoms with Crippen LogP contribution in [0.15, 0.2) is 89.1 Å². The van der Waals surface area contributed by atoms with Crippen LogP contribution in [-0.2, 0) is 6.18 Å². The number of para-hydroxylation sites is 1. The maximum absolute atomic E-state index is 13.6. The van der Waals surface area contributed by atoms with Gasteiger partial charge in [-0.2, -0.15) is 13.2 Å². The van der Waals surface area contributed by atoms with E-state index in [-0.39, 0.29) is 33.6 Å². The molecule has 0 aliphatic carbocycles. The summed E-state index contributed by atoms with van der Waals surface area (Å²) >= 11 is 0. The molecule has 4 aromatic carbocycles. The molecule has 3 N–H and O–H groups in total. The topological polar surface area (TPSA) is 107 Å². The number of fused-ring (bicyclic) bond motifs is 1. The summed E-state index contributed by atoms with van der Waals surface area (Å²) in [5.74, 6) is -1.73. The second-order valence-corrected chi connectivity index (χ2v) is 9.26. The minimum Gasteiger partial charge on any atom is -0.507 e. The molecule has 0 saturated carbocycles. The number of aryl methyl sites for hydroxylation is 2. The first-order chi connectivity index (χ1) is 19.0. The normalized spacial score (nSPS) is 11.9. The van der Waals surface area contributed by atoms with Gasteiger partial charge in [-0.05, 0) is 73.5 Å². The van der Waals surface area contributed by atoms with Crippen LogP contribution < -0.4 is 0 Å². The predicted molar refractivity (Wildman–Crippen MR) is 144 cm³/mol. The van der Waals surface area contributed by atoms with Crippen LogP contribution in [0.5, 0.6) is 11.6 Å². The molecular formula is C30H22F3N3O4. The van der Waals surface area contributed by atoms with Crippen molar-refractivity contribution in [1.82, 2.24) is 4.57 Å². The molecule has 40 heavy (non-hydrogen) atoms. The molecule has 5 aromatic rings. The van der Waals surface area contributed by atoms with Gasteiger partial charge in [0.25, 0.3) is 0 Å². The van der Waals surface area contributed by atoms with Crippen LogP contribution in [0.4, 0.5) is 24.5 Å². The van der Waals surface area contributed by atoms with Gasteiger partial charge in [-0.15, -0.1) is 10.2 Å². The van der Waals surface area contributed by atoms with E-state index in [0.29, 0.717) is 16.8 Å². The number of halogens is 3. The van der Waals surface area contributed by atoms with Gasteiger partial charge in [0.2, 0.25) is 5.88 Å². The maximum Gasteiger partial charge on any atom is 0.416 e. The number of phenols is 1. The summed E-state index contributed by atoms with van der Waals surface area (Å²) in [5, 5.41) is 39.8. The molecule has 0 bridgehead atoms. The number of rotatable bonds is 5. The van der Waals surface area contributed by atoms with Crippen molar-refractivity contribution in [2.45, 2.75) is 20.0 Å². The third-order valence-electron chi connectivity index (χ3n) is 6.69. The highest BCUT2D eigenvalue weighted by atomic mass is 19.4. The van der Waals surface area contributed by atoms with E-state index in [2.05, 4.69) is 10.2 Å². The van der Waals surface area contributed by atoms with E-state index in [4.69, 9.17) is 0 Å². The largest absolute Gasteiger partial charge is 0.507 e. The lowest BCUT2D eigenvalue weighted by molar-refractivity contribution is -0.137. The van der Waals surface area contributed by atoms with Crippen molar-refractivity contribution < 1.29 is 33.3 Å². The molecule has 202 valence electrons. The number of aromatic nitrogens is 1. The SMILES string of the molecule is Cc1ccc(-n2c(O)c(N=Nc3cc(C(=O)O)ccc3-c3ccccc3O)c3ccc(C(F)(F)F)cc32)cc1C. The molecule has 5 rings (SSSR count). The zero-order valence-electron chi connectivity index (χ0n) is 21.2. The number of phenolic OH excluding ortho intramolecular Hbond substituents is 1. The fraction of sp³-hybridized carbons (Fsp3) is 0.100. The molecule has 10 heteroatoms. The lowest BCUT2D eigenvalue weighted by Gasteiger charge is -2.11. The monoisotopic (exact) mass is 545 g/mol. The summed E-state index contributed by atoms with van der Waals surface area (Å²) in [6.45, 7) is 3.74. The average molecular weight is 546 g/mol. The van der Waals surface area contributed by atoms with Crippen molar-refractivity contribution in [3.8, 4) is 28.4 Å². The summed E-state index contributed by atoms with van der Waals surface area (Å²) in [5.41, 5.74) is 2.02. The Morgan fingerprint density at radius 3 is 2.25 bits per heavy atom. The number of carboxylic acids is 1. The van der Waals surface area contributed by atoms with E-state index in [1.165, 1.54) is 34.9 Å². The summed E-state index contributed by atoms with van der Waals surface area (Å²) < 4.78 is 42.1. The molecule has 0 aliphatic rings. The number of benzene rings is 4. The summed E-state index contributed by atoms with van der Waals surface area (Å²) in [6.07, 6.45) is -4.62. The number of aromatic hydroxyl groups is 2. The Kier molecular flexibility index (Phi) is 6.54. The first-order valence-electron chi connectivity index (χ1n) is 12.1. The molecule has 0 radical (unpaired) electrons. The van der Waals surface area contributed by atoms with Crippen LogP contribution in [0.2, 0.25) is 0 Å². The number of hydrogen-bond acceptors (Lipinski definition) is 5. The molecule has 0 unspecified atom stereocenters. The predicted octanol–water partition coefficient (Wildman–Crippen LogP) is 8.46. The second kappa shape index (κ2) is 9.88. The number of carbonyl (C=O) groups is 1. The van der Waals surface area contributed by atoms with Gasteiger partial charge < -0.3 is 15.3 Å². The van der Waals surface area contributed by atoms with Gasteiger partial charge in [0.15, 0.2) is 5.69 Å². The minimum atomic E-state index is -4.62. The summed E-state index contributed by atoms with van der Waals surface area (Å²) in [7, 11) is 0. The molecule has 0 aliphatic heterocycles. The molecule has 0 amide bonds. The van der Waals surface area contributed by atoms with Crippen LogP contribution in [0.3, 0.4) is 0 Å². The third kappa shape index (κ3) is 4.75. The lowest BCUT2D eigenvalue weighted by atomic mass is 10.0. The van der Waals surface area contributed by atoms with Crippen LogP contribution >= 0.6 is 0 Å². The van der Waals surface area contributed by atoms with E-state index in [1.54, 1.807) is 36.4 Å². The number of aromatic carboxylic acids is 1. The molecular weight excluding hydrogens is 523 g/mol. The number of nitrogens with zero attached hydrogens (tertiary/aromatic N) is 3. The number of hydrogen-bond donors (Lipinski definition) is 3. The minimum absolute atomic E-state index is 0.0599. The Morgan fingerprint density at radius 1 is 0.825 bits per heavy atom. The Labute approximate surface area is 226 Å². The van der Waals surface area contributed by atoms with E-state index >= 15 is 0 Å². The highest BCUT2D eigenvalue weighted by Gasteiger charge is 2.32. The van der Waals surface area contributed by atoms with Gasteiger partial charge in [-0.3, -0.25) is 4.57 Å². The summed E-state index contributed by atoms with van der Waals surface area (Å²) in [6, 6.07) is 18.7. The van der Waals surface area contributed by atoms with Crippen LogP contribution in [-0.4, -0.2) is 25.9 Å². The molecule has 1 heterocycles. The highest BCUT2D eigenvalue weighted by molar-refractivity contribution is 5.97. The average Bonchev–Trinajstić information content (AvgIpc) is 3.19. The molecule has 0 spiro atoms. The zero-order valence-corrected chi connectivity index (χ0v) is 21.2. The van der Waals surface area contributed by atoms with E-state index in [9.17, 15) is 33.3 Å². The smallest absolute Gasteiger partial charge is 0.416 e. The van der Waals surface area contributed by atoms with Crippen molar-refractivity contribution >= 4 is 28.2 Å². The standard InChI is InChI=1S/C30H22F3N3O4/c1-16-7-10-20(13-17(16)2)36-25-15-19(30(31,32)33)9-12-23(25)27(28(36)38)35-34-24-14-18(29(39)40)8-11-21(24)22-5-3-4-6-26(22)37/h3-15,37-38H,1-2H3,(H,39,40). The van der Waals surface area contributed by atoms with Crippen LogP contribution in [0.25, 0.3) is 27.7 Å².